The maximum atomic E-state index is 14.0. The summed E-state index contributed by atoms with van der Waals surface area (Å²) in [5.41, 5.74) is 8.91. The van der Waals surface area contributed by atoms with Crippen LogP contribution < -0.4 is 11.5 Å². The van der Waals surface area contributed by atoms with Gasteiger partial charge < -0.3 is 11.5 Å². The van der Waals surface area contributed by atoms with Crippen molar-refractivity contribution in [1.82, 2.24) is 0 Å². The molecule has 2 nitrogen and oxygen atoms in total. The lowest BCUT2D eigenvalue weighted by Gasteiger charge is -2.19. The normalized spacial score (nSPS) is 12.1. The lowest BCUT2D eigenvalue weighted by Crippen LogP contribution is -2.11. The molecule has 0 unspecified atom stereocenters. The van der Waals surface area contributed by atoms with Crippen LogP contribution in [0.25, 0.3) is 11.1 Å². The van der Waals surface area contributed by atoms with Crippen molar-refractivity contribution in [2.45, 2.75) is 31.9 Å². The first kappa shape index (κ1) is 25.8. The standard InChI is InChI=1S/C26H18F6N2S2/c27-25(28,29)23-13-19(35-17-5-1-15(33)2-6-17)9-11-21(23)22-12-10-20(14-24(22)26(30,31)32)36-18-7-3-16(34)4-8-18/h1-14H,33-34H2. The number of hydrogen-bond donors (Lipinski definition) is 2. The van der Waals surface area contributed by atoms with Gasteiger partial charge in [-0.2, -0.15) is 26.3 Å². The van der Waals surface area contributed by atoms with E-state index in [9.17, 15) is 26.3 Å². The van der Waals surface area contributed by atoms with E-state index >= 15 is 0 Å². The van der Waals surface area contributed by atoms with Crippen LogP contribution in [0, 0.1) is 0 Å². The van der Waals surface area contributed by atoms with Crippen LogP contribution in [-0.2, 0) is 12.4 Å². The largest absolute Gasteiger partial charge is 0.417 e. The van der Waals surface area contributed by atoms with Crippen LogP contribution in [0.2, 0.25) is 0 Å². The first-order chi connectivity index (χ1) is 16.9. The highest BCUT2D eigenvalue weighted by molar-refractivity contribution is 7.99. The summed E-state index contributed by atoms with van der Waals surface area (Å²) in [6.45, 7) is 0. The van der Waals surface area contributed by atoms with Crippen LogP contribution in [0.4, 0.5) is 37.7 Å². The zero-order valence-electron chi connectivity index (χ0n) is 18.3. The Bertz CT molecular complexity index is 1260. The molecule has 0 aliphatic carbocycles. The van der Waals surface area contributed by atoms with Crippen molar-refractivity contribution < 1.29 is 26.3 Å². The van der Waals surface area contributed by atoms with E-state index in [1.807, 2.05) is 0 Å². The van der Waals surface area contributed by atoms with E-state index < -0.39 is 34.6 Å². The molecule has 0 heterocycles. The van der Waals surface area contributed by atoms with Gasteiger partial charge in [-0.25, -0.2) is 0 Å². The van der Waals surface area contributed by atoms with E-state index in [0.717, 1.165) is 47.8 Å². The van der Waals surface area contributed by atoms with Crippen molar-refractivity contribution in [2.75, 3.05) is 11.5 Å². The first-order valence-electron chi connectivity index (χ1n) is 10.4. The molecule has 0 radical (unpaired) electrons. The molecule has 0 aliphatic heterocycles. The van der Waals surface area contributed by atoms with Gasteiger partial charge >= 0.3 is 12.4 Å². The molecule has 36 heavy (non-hydrogen) atoms. The molecule has 4 aromatic carbocycles. The fourth-order valence-electron chi connectivity index (χ4n) is 3.46. The van der Waals surface area contributed by atoms with Gasteiger partial charge in [-0.05, 0) is 83.9 Å². The van der Waals surface area contributed by atoms with Crippen molar-refractivity contribution >= 4 is 34.9 Å². The SMILES string of the molecule is Nc1ccc(Sc2ccc(-c3ccc(Sc4ccc(N)cc4)cc3C(F)(F)F)c(C(F)(F)F)c2)cc1. The van der Waals surface area contributed by atoms with Gasteiger partial charge in [0.2, 0.25) is 0 Å². The van der Waals surface area contributed by atoms with Crippen LogP contribution in [0.3, 0.4) is 0 Å². The number of rotatable bonds is 5. The van der Waals surface area contributed by atoms with Crippen LogP contribution in [0.5, 0.6) is 0 Å². The van der Waals surface area contributed by atoms with E-state index in [2.05, 4.69) is 0 Å². The zero-order chi connectivity index (χ0) is 26.1. The molecule has 0 amide bonds. The monoisotopic (exact) mass is 536 g/mol. The predicted octanol–water partition coefficient (Wildman–Crippen LogP) is 8.86. The summed E-state index contributed by atoms with van der Waals surface area (Å²) < 4.78 is 84.1. The third kappa shape index (κ3) is 6.11. The van der Waals surface area contributed by atoms with Crippen LogP contribution in [0.15, 0.2) is 105 Å². The molecule has 0 spiro atoms. The summed E-state index contributed by atoms with van der Waals surface area (Å²) in [5, 5.41) is 0. The third-order valence-corrected chi connectivity index (χ3v) is 7.11. The molecule has 10 heteroatoms. The second-order valence-electron chi connectivity index (χ2n) is 7.75. The van der Waals surface area contributed by atoms with E-state index in [-0.39, 0.29) is 9.79 Å². The molecule has 4 aromatic rings. The first-order valence-corrected chi connectivity index (χ1v) is 12.0. The van der Waals surface area contributed by atoms with E-state index in [4.69, 9.17) is 11.5 Å². The number of anilines is 2. The minimum Gasteiger partial charge on any atom is -0.399 e. The maximum Gasteiger partial charge on any atom is 0.417 e. The average Bonchev–Trinajstić information content (AvgIpc) is 2.81. The molecule has 186 valence electrons. The van der Waals surface area contributed by atoms with E-state index in [0.29, 0.717) is 21.2 Å². The number of benzene rings is 4. The molecular weight excluding hydrogens is 518 g/mol. The Morgan fingerprint density at radius 1 is 0.444 bits per heavy atom. The van der Waals surface area contributed by atoms with Crippen LogP contribution in [0.1, 0.15) is 11.1 Å². The van der Waals surface area contributed by atoms with Gasteiger partial charge in [-0.1, -0.05) is 35.7 Å². The van der Waals surface area contributed by atoms with Gasteiger partial charge in [-0.3, -0.25) is 0 Å². The van der Waals surface area contributed by atoms with Crippen LogP contribution >= 0.6 is 23.5 Å². The van der Waals surface area contributed by atoms with Gasteiger partial charge in [0.15, 0.2) is 0 Å². The fourth-order valence-corrected chi connectivity index (χ4v) is 5.17. The lowest BCUT2D eigenvalue weighted by molar-refractivity contribution is -0.139. The van der Waals surface area contributed by atoms with Gasteiger partial charge in [0.25, 0.3) is 0 Å². The minimum atomic E-state index is -4.87. The number of alkyl halides is 6. The molecule has 0 fully saturated rings. The second-order valence-corrected chi connectivity index (χ2v) is 10.0. The summed E-state index contributed by atoms with van der Waals surface area (Å²) in [7, 11) is 0. The molecule has 0 bridgehead atoms. The van der Waals surface area contributed by atoms with Gasteiger partial charge in [0.1, 0.15) is 0 Å². The Morgan fingerprint density at radius 3 is 1.06 bits per heavy atom. The number of nitrogens with two attached hydrogens (primary N) is 2. The van der Waals surface area contributed by atoms with Crippen LogP contribution in [-0.4, -0.2) is 0 Å². The van der Waals surface area contributed by atoms with E-state index in [1.165, 1.54) is 12.1 Å². The summed E-state index contributed by atoms with van der Waals surface area (Å²) in [5.74, 6) is 0. The second kappa shape index (κ2) is 10.0. The Labute approximate surface area is 211 Å². The Morgan fingerprint density at radius 2 is 0.750 bits per heavy atom. The van der Waals surface area contributed by atoms with Crippen molar-refractivity contribution in [2.24, 2.45) is 0 Å². The van der Waals surface area contributed by atoms with E-state index in [1.54, 1.807) is 48.5 Å². The number of hydrogen-bond acceptors (Lipinski definition) is 4. The minimum absolute atomic E-state index is 0.236. The molecule has 0 aliphatic rings. The smallest absolute Gasteiger partial charge is 0.399 e. The number of nitrogen functional groups attached to an aromatic ring is 2. The maximum absolute atomic E-state index is 14.0. The van der Waals surface area contributed by atoms with Crippen molar-refractivity contribution in [1.29, 1.82) is 0 Å². The fraction of sp³-hybridized carbons (Fsp3) is 0.0769. The predicted molar refractivity (Wildman–Crippen MR) is 132 cm³/mol. The molecule has 0 saturated carbocycles. The highest BCUT2D eigenvalue weighted by atomic mass is 32.2. The van der Waals surface area contributed by atoms with Crippen molar-refractivity contribution in [3.8, 4) is 11.1 Å². The summed E-state index contributed by atoms with van der Waals surface area (Å²) in [4.78, 5) is 1.76. The van der Waals surface area contributed by atoms with Crippen molar-refractivity contribution in [3.63, 3.8) is 0 Å². The Hall–Kier alpha value is -3.24. The quantitative estimate of drug-likeness (QED) is 0.198. The molecule has 4 N–H and O–H groups in total. The van der Waals surface area contributed by atoms with Gasteiger partial charge in [-0.15, -0.1) is 0 Å². The van der Waals surface area contributed by atoms with Crippen molar-refractivity contribution in [3.05, 3.63) is 96.1 Å². The summed E-state index contributed by atoms with van der Waals surface area (Å²) in [6, 6.07) is 19.7. The highest BCUT2D eigenvalue weighted by Crippen LogP contribution is 2.46. The molecule has 4 rings (SSSR count). The Balaban J connectivity index is 1.76. The Kier molecular flexibility index (Phi) is 7.19. The molecule has 0 saturated heterocycles. The average molecular weight is 537 g/mol. The lowest BCUT2D eigenvalue weighted by atomic mass is 9.94. The topological polar surface area (TPSA) is 52.0 Å². The molecular formula is C26H18F6N2S2. The number of halogens is 6. The highest BCUT2D eigenvalue weighted by Gasteiger charge is 2.38. The van der Waals surface area contributed by atoms with Gasteiger partial charge in [0, 0.05) is 31.0 Å². The van der Waals surface area contributed by atoms with Gasteiger partial charge in [0.05, 0.1) is 11.1 Å². The third-order valence-electron chi connectivity index (χ3n) is 5.11. The molecule has 0 aromatic heterocycles. The zero-order valence-corrected chi connectivity index (χ0v) is 20.0. The summed E-state index contributed by atoms with van der Waals surface area (Å²) >= 11 is 2.11. The molecule has 0 atom stereocenters. The summed E-state index contributed by atoms with van der Waals surface area (Å²) in [6.07, 6.45) is -9.74.